The molecule has 1 aromatic heterocycles. The van der Waals surface area contributed by atoms with Crippen molar-refractivity contribution in [3.05, 3.63) is 58.9 Å². The van der Waals surface area contributed by atoms with Crippen LogP contribution in [0, 0.1) is 5.82 Å². The smallest absolute Gasteiger partial charge is 0.251 e. The summed E-state index contributed by atoms with van der Waals surface area (Å²) in [7, 11) is 0. The molecule has 1 amide bonds. The molecule has 162 valence electrons. The van der Waals surface area contributed by atoms with Gasteiger partial charge in [-0.3, -0.25) is 9.69 Å². The van der Waals surface area contributed by atoms with Crippen LogP contribution in [-0.4, -0.2) is 55.1 Å². The third-order valence-corrected chi connectivity index (χ3v) is 7.39. The molecule has 1 aliphatic heterocycles. The molecule has 0 unspecified atom stereocenters. The van der Waals surface area contributed by atoms with Crippen LogP contribution in [0.15, 0.2) is 36.4 Å². The van der Waals surface area contributed by atoms with Crippen molar-refractivity contribution in [2.75, 3.05) is 44.2 Å². The highest BCUT2D eigenvalue weighted by Gasteiger charge is 2.20. The summed E-state index contributed by atoms with van der Waals surface area (Å²) in [4.78, 5) is 21.8. The molecule has 31 heavy (non-hydrogen) atoms. The minimum absolute atomic E-state index is 0.0220. The predicted molar refractivity (Wildman–Crippen MR) is 124 cm³/mol. The van der Waals surface area contributed by atoms with E-state index in [9.17, 15) is 9.18 Å². The number of thiazole rings is 1. The average Bonchev–Trinajstić information content (AvgIpc) is 3.22. The lowest BCUT2D eigenvalue weighted by Crippen LogP contribution is -2.48. The van der Waals surface area contributed by atoms with Crippen LogP contribution in [0.2, 0.25) is 0 Å². The third kappa shape index (κ3) is 4.57. The maximum atomic E-state index is 13.4. The molecule has 1 saturated heterocycles. The van der Waals surface area contributed by atoms with E-state index in [1.807, 2.05) is 6.07 Å². The number of carbonyl (C=O) groups is 1. The first kappa shape index (κ1) is 20.4. The van der Waals surface area contributed by atoms with Crippen molar-refractivity contribution in [2.24, 2.45) is 0 Å². The SMILES string of the molecule is O=C(NCCN1CCN(c2nc3ccc(F)cc3s2)CC1)c1ccc2c(c1)CCCC2. The molecule has 0 atom stereocenters. The molecule has 5 nitrogen and oxygen atoms in total. The number of rotatable bonds is 5. The summed E-state index contributed by atoms with van der Waals surface area (Å²) >= 11 is 1.55. The van der Waals surface area contributed by atoms with Gasteiger partial charge in [-0.05, 0) is 67.1 Å². The first-order valence-electron chi connectivity index (χ1n) is 11.1. The zero-order chi connectivity index (χ0) is 21.2. The average molecular weight is 439 g/mol. The van der Waals surface area contributed by atoms with Crippen LogP contribution >= 0.6 is 11.3 Å². The number of benzene rings is 2. The standard InChI is InChI=1S/C24H27FN4OS/c25-20-7-8-21-22(16-20)31-24(27-21)29-13-11-28(12-14-29)10-9-26-23(30)19-6-5-17-3-1-2-4-18(17)15-19/h5-8,15-16H,1-4,9-14H2,(H,26,30). The number of carbonyl (C=O) groups excluding carboxylic acids is 1. The molecule has 2 aromatic carbocycles. The second kappa shape index (κ2) is 8.93. The van der Waals surface area contributed by atoms with Gasteiger partial charge in [0.05, 0.1) is 10.2 Å². The molecule has 0 saturated carbocycles. The summed E-state index contributed by atoms with van der Waals surface area (Å²) in [6.07, 6.45) is 4.70. The molecular formula is C24H27FN4OS. The molecule has 3 aromatic rings. The van der Waals surface area contributed by atoms with Gasteiger partial charge in [-0.15, -0.1) is 0 Å². The minimum atomic E-state index is -0.218. The zero-order valence-electron chi connectivity index (χ0n) is 17.6. The van der Waals surface area contributed by atoms with E-state index in [1.165, 1.54) is 30.0 Å². The van der Waals surface area contributed by atoms with Crippen molar-refractivity contribution in [1.82, 2.24) is 15.2 Å². The van der Waals surface area contributed by atoms with Gasteiger partial charge < -0.3 is 10.2 Å². The Labute approximate surface area is 185 Å². The number of nitrogens with one attached hydrogen (secondary N) is 1. The van der Waals surface area contributed by atoms with E-state index in [4.69, 9.17) is 0 Å². The number of aromatic nitrogens is 1. The number of fused-ring (bicyclic) bond motifs is 2. The summed E-state index contributed by atoms with van der Waals surface area (Å²) in [6.45, 7) is 5.13. The number of amides is 1. The van der Waals surface area contributed by atoms with E-state index in [1.54, 1.807) is 23.5 Å². The van der Waals surface area contributed by atoms with Crippen LogP contribution in [0.3, 0.4) is 0 Å². The van der Waals surface area contributed by atoms with Gasteiger partial charge in [0.15, 0.2) is 5.13 Å². The van der Waals surface area contributed by atoms with Gasteiger partial charge in [0.1, 0.15) is 5.82 Å². The maximum absolute atomic E-state index is 13.4. The lowest BCUT2D eigenvalue weighted by molar-refractivity contribution is 0.0947. The lowest BCUT2D eigenvalue weighted by Gasteiger charge is -2.34. The van der Waals surface area contributed by atoms with Crippen molar-refractivity contribution in [2.45, 2.75) is 25.7 Å². The van der Waals surface area contributed by atoms with E-state index in [2.05, 4.69) is 32.2 Å². The number of hydrogen-bond donors (Lipinski definition) is 1. The van der Waals surface area contributed by atoms with Crippen LogP contribution in [0.4, 0.5) is 9.52 Å². The molecule has 2 heterocycles. The second-order valence-corrected chi connectivity index (χ2v) is 9.39. The molecule has 1 aliphatic carbocycles. The first-order chi connectivity index (χ1) is 15.2. The van der Waals surface area contributed by atoms with Crippen LogP contribution in [0.1, 0.15) is 34.3 Å². The number of aryl methyl sites for hydroxylation is 2. The Hall–Kier alpha value is -2.51. The number of halogens is 1. The summed E-state index contributed by atoms with van der Waals surface area (Å²) in [5.74, 6) is -0.196. The fourth-order valence-electron chi connectivity index (χ4n) is 4.49. The van der Waals surface area contributed by atoms with Gasteiger partial charge in [-0.2, -0.15) is 0 Å². The van der Waals surface area contributed by atoms with Crippen molar-refractivity contribution < 1.29 is 9.18 Å². The summed E-state index contributed by atoms with van der Waals surface area (Å²) in [5, 5.41) is 4.04. The summed E-state index contributed by atoms with van der Waals surface area (Å²) in [5.41, 5.74) is 4.37. The Morgan fingerprint density at radius 1 is 1.03 bits per heavy atom. The molecular weight excluding hydrogens is 411 g/mol. The molecule has 1 N–H and O–H groups in total. The van der Waals surface area contributed by atoms with Gasteiger partial charge >= 0.3 is 0 Å². The normalized spacial score (nSPS) is 17.0. The van der Waals surface area contributed by atoms with Crippen LogP contribution in [0.5, 0.6) is 0 Å². The molecule has 1 fully saturated rings. The predicted octanol–water partition coefficient (Wildman–Crippen LogP) is 3.87. The first-order valence-corrected chi connectivity index (χ1v) is 11.9. The Morgan fingerprint density at radius 2 is 1.84 bits per heavy atom. The summed E-state index contributed by atoms with van der Waals surface area (Å²) < 4.78 is 14.3. The highest BCUT2D eigenvalue weighted by Crippen LogP contribution is 2.29. The van der Waals surface area contributed by atoms with Gasteiger partial charge in [0, 0.05) is 44.8 Å². The Kier molecular flexibility index (Phi) is 5.87. The van der Waals surface area contributed by atoms with Crippen LogP contribution in [0.25, 0.3) is 10.2 Å². The molecule has 0 spiro atoms. The minimum Gasteiger partial charge on any atom is -0.351 e. The fourth-order valence-corrected chi connectivity index (χ4v) is 5.53. The Bertz CT molecular complexity index is 1090. The second-order valence-electron chi connectivity index (χ2n) is 8.38. The number of piperazine rings is 1. The van der Waals surface area contributed by atoms with E-state index >= 15 is 0 Å². The van der Waals surface area contributed by atoms with Gasteiger partial charge in [-0.1, -0.05) is 17.4 Å². The van der Waals surface area contributed by atoms with Crippen molar-refractivity contribution in [1.29, 1.82) is 0 Å². The molecule has 0 radical (unpaired) electrons. The van der Waals surface area contributed by atoms with Crippen molar-refractivity contribution >= 4 is 32.6 Å². The van der Waals surface area contributed by atoms with Crippen LogP contribution < -0.4 is 10.2 Å². The van der Waals surface area contributed by atoms with Gasteiger partial charge in [-0.25, -0.2) is 9.37 Å². The van der Waals surface area contributed by atoms with Crippen molar-refractivity contribution in [3.8, 4) is 0 Å². The zero-order valence-corrected chi connectivity index (χ0v) is 18.4. The number of anilines is 1. The molecule has 7 heteroatoms. The lowest BCUT2D eigenvalue weighted by atomic mass is 9.90. The fraction of sp³-hybridized carbons (Fsp3) is 0.417. The Balaban J connectivity index is 1.10. The van der Waals surface area contributed by atoms with Crippen LogP contribution in [-0.2, 0) is 12.8 Å². The highest BCUT2D eigenvalue weighted by atomic mass is 32.1. The van der Waals surface area contributed by atoms with E-state index in [-0.39, 0.29) is 11.7 Å². The van der Waals surface area contributed by atoms with Gasteiger partial charge in [0.2, 0.25) is 0 Å². The summed E-state index contributed by atoms with van der Waals surface area (Å²) in [6, 6.07) is 10.9. The molecule has 0 bridgehead atoms. The van der Waals surface area contributed by atoms with E-state index in [0.717, 1.165) is 66.5 Å². The maximum Gasteiger partial charge on any atom is 0.251 e. The quantitative estimate of drug-likeness (QED) is 0.657. The Morgan fingerprint density at radius 3 is 2.68 bits per heavy atom. The largest absolute Gasteiger partial charge is 0.351 e. The monoisotopic (exact) mass is 438 g/mol. The molecule has 5 rings (SSSR count). The molecule has 2 aliphatic rings. The van der Waals surface area contributed by atoms with E-state index in [0.29, 0.717) is 6.54 Å². The van der Waals surface area contributed by atoms with Crippen molar-refractivity contribution in [3.63, 3.8) is 0 Å². The third-order valence-electron chi connectivity index (χ3n) is 6.31. The van der Waals surface area contributed by atoms with Gasteiger partial charge in [0.25, 0.3) is 5.91 Å². The highest BCUT2D eigenvalue weighted by molar-refractivity contribution is 7.22. The van der Waals surface area contributed by atoms with E-state index < -0.39 is 0 Å². The topological polar surface area (TPSA) is 48.5 Å². The number of nitrogens with zero attached hydrogens (tertiary/aromatic N) is 3. The number of hydrogen-bond acceptors (Lipinski definition) is 5.